The first-order valence-electron chi connectivity index (χ1n) is 5.26. The van der Waals surface area contributed by atoms with Crippen molar-refractivity contribution in [2.75, 3.05) is 7.11 Å². The van der Waals surface area contributed by atoms with Gasteiger partial charge in [-0.25, -0.2) is 0 Å². The number of rotatable bonds is 3. The summed E-state index contributed by atoms with van der Waals surface area (Å²) in [4.78, 5) is 12.3. The second kappa shape index (κ2) is 5.55. The van der Waals surface area contributed by atoms with Gasteiger partial charge in [0, 0.05) is 10.0 Å². The fourth-order valence-electron chi connectivity index (χ4n) is 1.63. The number of ketones is 1. The zero-order valence-corrected chi connectivity index (χ0v) is 12.0. The van der Waals surface area contributed by atoms with Crippen molar-refractivity contribution in [2.45, 2.75) is 0 Å². The van der Waals surface area contributed by atoms with E-state index in [9.17, 15) is 4.79 Å². The van der Waals surface area contributed by atoms with Gasteiger partial charge in [0.2, 0.25) is 0 Å². The molecule has 0 aliphatic heterocycles. The fourth-order valence-corrected chi connectivity index (χ4v) is 2.12. The first-order valence-corrected chi connectivity index (χ1v) is 6.43. The van der Waals surface area contributed by atoms with E-state index in [4.69, 9.17) is 16.3 Å². The Morgan fingerprint density at radius 3 is 2.61 bits per heavy atom. The second-order valence-electron chi connectivity index (χ2n) is 3.66. The summed E-state index contributed by atoms with van der Waals surface area (Å²) in [5, 5.41) is 0.576. The van der Waals surface area contributed by atoms with Gasteiger partial charge in [-0.05, 0) is 46.3 Å². The van der Waals surface area contributed by atoms with Crippen LogP contribution in [0.1, 0.15) is 15.9 Å². The number of carbonyl (C=O) groups excluding carboxylic acids is 1. The van der Waals surface area contributed by atoms with E-state index in [1.165, 1.54) is 0 Å². The highest BCUT2D eigenvalue weighted by atomic mass is 79.9. The minimum absolute atomic E-state index is 0.0928. The van der Waals surface area contributed by atoms with Gasteiger partial charge in [-0.2, -0.15) is 0 Å². The Morgan fingerprint density at radius 2 is 1.94 bits per heavy atom. The third-order valence-corrected chi connectivity index (χ3v) is 3.75. The highest BCUT2D eigenvalue weighted by Crippen LogP contribution is 2.26. The molecule has 0 unspecified atom stereocenters. The lowest BCUT2D eigenvalue weighted by Crippen LogP contribution is -2.03. The van der Waals surface area contributed by atoms with Crippen LogP contribution in [0.15, 0.2) is 46.9 Å². The molecule has 0 bridgehead atoms. The number of ether oxygens (including phenoxy) is 1. The van der Waals surface area contributed by atoms with Crippen molar-refractivity contribution in [1.29, 1.82) is 0 Å². The van der Waals surface area contributed by atoms with Crippen molar-refractivity contribution in [3.8, 4) is 5.75 Å². The lowest BCUT2D eigenvalue weighted by molar-refractivity contribution is 0.103. The molecule has 0 saturated heterocycles. The van der Waals surface area contributed by atoms with Gasteiger partial charge in [-0.1, -0.05) is 23.7 Å². The summed E-state index contributed by atoms with van der Waals surface area (Å²) in [7, 11) is 1.55. The van der Waals surface area contributed by atoms with E-state index in [1.54, 1.807) is 43.5 Å². The zero-order chi connectivity index (χ0) is 13.1. The zero-order valence-electron chi connectivity index (χ0n) is 9.61. The van der Waals surface area contributed by atoms with Crippen molar-refractivity contribution in [3.63, 3.8) is 0 Å². The third-order valence-electron chi connectivity index (χ3n) is 2.53. The van der Waals surface area contributed by atoms with Crippen molar-refractivity contribution in [3.05, 3.63) is 63.1 Å². The molecule has 0 N–H and O–H groups in total. The number of benzene rings is 2. The maximum atomic E-state index is 12.3. The van der Waals surface area contributed by atoms with Crippen molar-refractivity contribution in [2.24, 2.45) is 0 Å². The SMILES string of the molecule is COc1ccccc1C(=O)c1ccc(Cl)c(Br)c1. The van der Waals surface area contributed by atoms with Gasteiger partial charge in [-0.15, -0.1) is 0 Å². The molecule has 0 fully saturated rings. The topological polar surface area (TPSA) is 26.3 Å². The third kappa shape index (κ3) is 2.57. The van der Waals surface area contributed by atoms with Gasteiger partial charge in [0.05, 0.1) is 17.7 Å². The summed E-state index contributed by atoms with van der Waals surface area (Å²) < 4.78 is 5.88. The van der Waals surface area contributed by atoms with E-state index in [1.807, 2.05) is 6.07 Å². The standard InChI is InChI=1S/C14H10BrClO2/c1-18-13-5-3-2-4-10(13)14(17)9-6-7-12(16)11(15)8-9/h2-8H,1H3. The summed E-state index contributed by atoms with van der Waals surface area (Å²) in [6.45, 7) is 0. The van der Waals surface area contributed by atoms with Crippen molar-refractivity contribution in [1.82, 2.24) is 0 Å². The molecule has 0 aromatic heterocycles. The second-order valence-corrected chi connectivity index (χ2v) is 4.92. The van der Waals surface area contributed by atoms with E-state index >= 15 is 0 Å². The Bertz CT molecular complexity index is 596. The largest absolute Gasteiger partial charge is 0.496 e. The minimum atomic E-state index is -0.0928. The van der Waals surface area contributed by atoms with Gasteiger partial charge in [0.15, 0.2) is 5.78 Å². The smallest absolute Gasteiger partial charge is 0.196 e. The normalized spacial score (nSPS) is 10.2. The van der Waals surface area contributed by atoms with Gasteiger partial charge >= 0.3 is 0 Å². The van der Waals surface area contributed by atoms with Crippen molar-refractivity contribution >= 4 is 33.3 Å². The molecule has 0 saturated carbocycles. The Hall–Kier alpha value is -1.32. The lowest BCUT2D eigenvalue weighted by Gasteiger charge is -2.07. The molecule has 2 nitrogen and oxygen atoms in total. The van der Waals surface area contributed by atoms with Crippen LogP contribution in [-0.4, -0.2) is 12.9 Å². The monoisotopic (exact) mass is 324 g/mol. The minimum Gasteiger partial charge on any atom is -0.496 e. The average Bonchev–Trinajstić information content (AvgIpc) is 2.41. The van der Waals surface area contributed by atoms with E-state index in [2.05, 4.69) is 15.9 Å². The molecule has 92 valence electrons. The van der Waals surface area contributed by atoms with Gasteiger partial charge in [0.1, 0.15) is 5.75 Å². The van der Waals surface area contributed by atoms with Gasteiger partial charge in [-0.3, -0.25) is 4.79 Å². The Morgan fingerprint density at radius 1 is 1.22 bits per heavy atom. The van der Waals surface area contributed by atoms with Crippen LogP contribution >= 0.6 is 27.5 Å². The van der Waals surface area contributed by atoms with E-state index in [0.29, 0.717) is 26.4 Å². The van der Waals surface area contributed by atoms with Crippen LogP contribution in [0.2, 0.25) is 5.02 Å². The van der Waals surface area contributed by atoms with Crippen LogP contribution in [-0.2, 0) is 0 Å². The maximum Gasteiger partial charge on any atom is 0.196 e. The summed E-state index contributed by atoms with van der Waals surface area (Å²) >= 11 is 9.21. The van der Waals surface area contributed by atoms with E-state index in [0.717, 1.165) is 0 Å². The molecule has 0 radical (unpaired) electrons. The maximum absolute atomic E-state index is 12.3. The number of para-hydroxylation sites is 1. The highest BCUT2D eigenvalue weighted by Gasteiger charge is 2.14. The van der Waals surface area contributed by atoms with Gasteiger partial charge < -0.3 is 4.74 Å². The fraction of sp³-hybridized carbons (Fsp3) is 0.0714. The number of carbonyl (C=O) groups is 1. The van der Waals surface area contributed by atoms with Gasteiger partial charge in [0.25, 0.3) is 0 Å². The molecule has 2 aromatic carbocycles. The van der Waals surface area contributed by atoms with Crippen molar-refractivity contribution < 1.29 is 9.53 Å². The summed E-state index contributed by atoms with van der Waals surface area (Å²) in [5.41, 5.74) is 1.10. The van der Waals surface area contributed by atoms with Crippen LogP contribution in [0.5, 0.6) is 5.75 Å². The first kappa shape index (κ1) is 13.1. The number of hydrogen-bond donors (Lipinski definition) is 0. The number of methoxy groups -OCH3 is 1. The molecule has 0 atom stereocenters. The molecular formula is C14H10BrClO2. The predicted octanol–water partition coefficient (Wildman–Crippen LogP) is 4.34. The van der Waals surface area contributed by atoms with E-state index in [-0.39, 0.29) is 5.78 Å². The molecular weight excluding hydrogens is 316 g/mol. The molecule has 2 rings (SSSR count). The molecule has 18 heavy (non-hydrogen) atoms. The Labute approximate surface area is 119 Å². The van der Waals surface area contributed by atoms with Crippen LogP contribution in [0.4, 0.5) is 0 Å². The van der Waals surface area contributed by atoms with Crippen LogP contribution in [0.25, 0.3) is 0 Å². The molecule has 0 aliphatic rings. The van der Waals surface area contributed by atoms with Crippen LogP contribution in [0, 0.1) is 0 Å². The summed E-state index contributed by atoms with van der Waals surface area (Å²) in [6.07, 6.45) is 0. The molecule has 0 amide bonds. The molecule has 0 spiro atoms. The number of hydrogen-bond acceptors (Lipinski definition) is 2. The predicted molar refractivity (Wildman–Crippen MR) is 75.6 cm³/mol. The summed E-state index contributed by atoms with van der Waals surface area (Å²) in [5.74, 6) is 0.471. The van der Waals surface area contributed by atoms with E-state index < -0.39 is 0 Å². The highest BCUT2D eigenvalue weighted by molar-refractivity contribution is 9.10. The van der Waals surface area contributed by atoms with Crippen LogP contribution in [0.3, 0.4) is 0 Å². The molecule has 4 heteroatoms. The quantitative estimate of drug-likeness (QED) is 0.785. The lowest BCUT2D eigenvalue weighted by atomic mass is 10.0. The Balaban J connectivity index is 2.44. The van der Waals surface area contributed by atoms with Crippen LogP contribution < -0.4 is 4.74 Å². The molecule has 0 heterocycles. The first-order chi connectivity index (χ1) is 8.63. The molecule has 0 aliphatic carbocycles. The molecule has 2 aromatic rings. The summed E-state index contributed by atoms with van der Waals surface area (Å²) in [6, 6.07) is 12.2. The average molecular weight is 326 g/mol. The number of halogens is 2. The Kier molecular flexibility index (Phi) is 4.04.